The highest BCUT2D eigenvalue weighted by Gasteiger charge is 2.32. The number of alkyl carbamates (subject to hydrolysis) is 1. The van der Waals surface area contributed by atoms with Crippen molar-refractivity contribution in [3.63, 3.8) is 0 Å². The number of aromatic amines is 1. The molecule has 0 saturated carbocycles. The first-order valence-electron chi connectivity index (χ1n) is 8.86. The van der Waals surface area contributed by atoms with Crippen LogP contribution in [-0.4, -0.2) is 51.2 Å². The van der Waals surface area contributed by atoms with Crippen LogP contribution in [0.3, 0.4) is 0 Å². The molecule has 1 aromatic carbocycles. The third kappa shape index (κ3) is 4.90. The molecule has 0 radical (unpaired) electrons. The third-order valence-corrected chi connectivity index (χ3v) is 4.82. The average molecular weight is 503 g/mol. The van der Waals surface area contributed by atoms with Gasteiger partial charge < -0.3 is 25.1 Å². The van der Waals surface area contributed by atoms with Crippen LogP contribution in [0.25, 0.3) is 11.2 Å². The van der Waals surface area contributed by atoms with Crippen molar-refractivity contribution >= 4 is 39.1 Å². The molecular formula is C17H14BrF3N6O4. The monoisotopic (exact) mass is 502 g/mol. The van der Waals surface area contributed by atoms with Crippen molar-refractivity contribution in [2.75, 3.05) is 18.4 Å². The minimum absolute atomic E-state index is 0.117. The van der Waals surface area contributed by atoms with E-state index >= 15 is 0 Å². The van der Waals surface area contributed by atoms with Crippen molar-refractivity contribution in [2.24, 2.45) is 0 Å². The predicted octanol–water partition coefficient (Wildman–Crippen LogP) is 2.35. The molecule has 2 aromatic heterocycles. The zero-order chi connectivity index (χ0) is 22.2. The second-order valence-corrected chi connectivity index (χ2v) is 7.45. The molecule has 1 atom stereocenters. The Kier molecular flexibility index (Phi) is 5.47. The summed E-state index contributed by atoms with van der Waals surface area (Å²) in [5, 5.41) is 5.41. The van der Waals surface area contributed by atoms with E-state index in [-0.39, 0.29) is 30.2 Å². The molecule has 164 valence electrons. The number of rotatable bonds is 6. The number of aromatic nitrogens is 4. The third-order valence-electron chi connectivity index (χ3n) is 4.32. The fourth-order valence-electron chi connectivity index (χ4n) is 2.99. The van der Waals surface area contributed by atoms with Gasteiger partial charge in [-0.2, -0.15) is 4.98 Å². The van der Waals surface area contributed by atoms with Crippen molar-refractivity contribution in [1.29, 1.82) is 0 Å². The smallest absolute Gasteiger partial charge is 0.442 e. The maximum absolute atomic E-state index is 12.7. The number of hydrogen-bond acceptors (Lipinski definition) is 7. The molecule has 3 heterocycles. The van der Waals surface area contributed by atoms with Crippen molar-refractivity contribution in [3.05, 3.63) is 44.9 Å². The summed E-state index contributed by atoms with van der Waals surface area (Å²) in [6, 6.07) is 3.98. The van der Waals surface area contributed by atoms with Crippen LogP contribution in [0, 0.1) is 0 Å². The van der Waals surface area contributed by atoms with E-state index in [9.17, 15) is 22.8 Å². The lowest BCUT2D eigenvalue weighted by Gasteiger charge is -2.14. The standard InChI is InChI=1S/C17H14BrF3N6O4/c18-9-1-2-12(31-17(19,20)21)8(3-9)7-27-13-11(25-15(27)28)6-23-14(26-13)22-4-10-5-24-16(29)30-10/h1-3,6,10H,4-5,7H2,(H,24,29)(H,25,28)(H,22,23,26)/t10-/m1/s1. The van der Waals surface area contributed by atoms with E-state index in [0.717, 1.165) is 6.07 Å². The molecule has 14 heteroatoms. The molecule has 1 amide bonds. The topological polar surface area (TPSA) is 123 Å². The zero-order valence-corrected chi connectivity index (χ0v) is 17.1. The van der Waals surface area contributed by atoms with E-state index in [1.807, 2.05) is 0 Å². The number of H-pyrrole nitrogens is 1. The lowest BCUT2D eigenvalue weighted by Crippen LogP contribution is -2.24. The summed E-state index contributed by atoms with van der Waals surface area (Å²) >= 11 is 3.21. The van der Waals surface area contributed by atoms with Crippen molar-refractivity contribution < 1.29 is 27.4 Å². The minimum atomic E-state index is -4.88. The van der Waals surface area contributed by atoms with Gasteiger partial charge in [-0.15, -0.1) is 13.2 Å². The number of benzene rings is 1. The molecule has 3 N–H and O–H groups in total. The number of carbonyl (C=O) groups is 1. The number of halogens is 4. The van der Waals surface area contributed by atoms with Crippen LogP contribution in [0.15, 0.2) is 33.7 Å². The van der Waals surface area contributed by atoms with E-state index in [1.165, 1.54) is 22.9 Å². The van der Waals surface area contributed by atoms with Crippen LogP contribution >= 0.6 is 15.9 Å². The van der Waals surface area contributed by atoms with Gasteiger partial charge in [0, 0.05) is 10.0 Å². The van der Waals surface area contributed by atoms with Crippen LogP contribution in [0.5, 0.6) is 5.75 Å². The number of imidazole rings is 1. The lowest BCUT2D eigenvalue weighted by molar-refractivity contribution is -0.274. The number of carbonyl (C=O) groups excluding carboxylic acids is 1. The SMILES string of the molecule is O=C1NC[C@@H](CNc2ncc3[nH]c(=O)n(Cc4cc(Br)ccc4OC(F)(F)F)c3n2)O1. The Morgan fingerprint density at radius 3 is 2.87 bits per heavy atom. The van der Waals surface area contributed by atoms with Crippen LogP contribution in [-0.2, 0) is 11.3 Å². The van der Waals surface area contributed by atoms with E-state index < -0.39 is 30.0 Å². The van der Waals surface area contributed by atoms with Gasteiger partial charge in [0.1, 0.15) is 17.4 Å². The largest absolute Gasteiger partial charge is 0.573 e. The lowest BCUT2D eigenvalue weighted by atomic mass is 10.2. The molecule has 1 saturated heterocycles. The van der Waals surface area contributed by atoms with Gasteiger partial charge in [-0.1, -0.05) is 15.9 Å². The number of nitrogens with zero attached hydrogens (tertiary/aromatic N) is 3. The molecule has 1 aliphatic heterocycles. The summed E-state index contributed by atoms with van der Waals surface area (Å²) in [7, 11) is 0. The molecule has 0 unspecified atom stereocenters. The van der Waals surface area contributed by atoms with Crippen molar-refractivity contribution in [2.45, 2.75) is 19.0 Å². The second-order valence-electron chi connectivity index (χ2n) is 6.54. The first-order chi connectivity index (χ1) is 14.7. The van der Waals surface area contributed by atoms with Gasteiger partial charge in [0.2, 0.25) is 5.95 Å². The molecular weight excluding hydrogens is 489 g/mol. The molecule has 0 spiro atoms. The maximum Gasteiger partial charge on any atom is 0.573 e. The molecule has 10 nitrogen and oxygen atoms in total. The summed E-state index contributed by atoms with van der Waals surface area (Å²) in [6.07, 6.45) is -4.45. The highest BCUT2D eigenvalue weighted by molar-refractivity contribution is 9.10. The molecule has 3 aromatic rings. The normalized spacial score (nSPS) is 16.3. The first kappa shape index (κ1) is 21.0. The fraction of sp³-hybridized carbons (Fsp3) is 0.294. The zero-order valence-electron chi connectivity index (χ0n) is 15.5. The predicted molar refractivity (Wildman–Crippen MR) is 105 cm³/mol. The number of ether oxygens (including phenoxy) is 2. The Labute approximate surface area is 179 Å². The number of amides is 1. The number of cyclic esters (lactones) is 1. The van der Waals surface area contributed by atoms with Gasteiger partial charge in [-0.25, -0.2) is 14.6 Å². The van der Waals surface area contributed by atoms with E-state index in [0.29, 0.717) is 16.5 Å². The van der Waals surface area contributed by atoms with Crippen LogP contribution in [0.2, 0.25) is 0 Å². The Bertz CT molecular complexity index is 1190. The summed E-state index contributed by atoms with van der Waals surface area (Å²) < 4.78 is 49.0. The van der Waals surface area contributed by atoms with E-state index in [2.05, 4.69) is 46.3 Å². The molecule has 4 rings (SSSR count). The second kappa shape index (κ2) is 8.09. The Balaban J connectivity index is 1.62. The van der Waals surface area contributed by atoms with Gasteiger partial charge in [-0.05, 0) is 18.2 Å². The summed E-state index contributed by atoms with van der Waals surface area (Å²) in [4.78, 5) is 34.4. The Hall–Kier alpha value is -3.29. The van der Waals surface area contributed by atoms with Gasteiger partial charge >= 0.3 is 18.1 Å². The number of alkyl halides is 3. The number of anilines is 1. The highest BCUT2D eigenvalue weighted by atomic mass is 79.9. The first-order valence-corrected chi connectivity index (χ1v) is 9.65. The average Bonchev–Trinajstić information content (AvgIpc) is 3.24. The minimum Gasteiger partial charge on any atom is -0.442 e. The molecule has 0 aliphatic carbocycles. The summed E-state index contributed by atoms with van der Waals surface area (Å²) in [5.74, 6) is -0.274. The highest BCUT2D eigenvalue weighted by Crippen LogP contribution is 2.29. The van der Waals surface area contributed by atoms with E-state index in [1.54, 1.807) is 0 Å². The quantitative estimate of drug-likeness (QED) is 0.472. The van der Waals surface area contributed by atoms with Crippen molar-refractivity contribution in [1.82, 2.24) is 24.8 Å². The van der Waals surface area contributed by atoms with Gasteiger partial charge in [0.25, 0.3) is 0 Å². The van der Waals surface area contributed by atoms with Crippen LogP contribution in [0.1, 0.15) is 5.56 Å². The Morgan fingerprint density at radius 2 is 2.16 bits per heavy atom. The number of hydrogen-bond donors (Lipinski definition) is 3. The summed E-state index contributed by atoms with van der Waals surface area (Å²) in [6.45, 7) is 0.326. The van der Waals surface area contributed by atoms with Gasteiger partial charge in [0.15, 0.2) is 5.65 Å². The number of nitrogens with one attached hydrogen (secondary N) is 3. The molecule has 1 aliphatic rings. The molecule has 31 heavy (non-hydrogen) atoms. The molecule has 1 fully saturated rings. The fourth-order valence-corrected chi connectivity index (χ4v) is 3.40. The van der Waals surface area contributed by atoms with Crippen molar-refractivity contribution in [3.8, 4) is 5.75 Å². The van der Waals surface area contributed by atoms with E-state index in [4.69, 9.17) is 4.74 Å². The summed E-state index contributed by atoms with van der Waals surface area (Å²) in [5.41, 5.74) is 0.0276. The van der Waals surface area contributed by atoms with Crippen LogP contribution < -0.4 is 21.1 Å². The molecule has 0 bridgehead atoms. The van der Waals surface area contributed by atoms with Crippen LogP contribution in [0.4, 0.5) is 23.9 Å². The van der Waals surface area contributed by atoms with Gasteiger partial charge in [-0.3, -0.25) is 4.57 Å². The Morgan fingerprint density at radius 1 is 1.35 bits per heavy atom. The van der Waals surface area contributed by atoms with Gasteiger partial charge in [0.05, 0.1) is 25.8 Å². The number of fused-ring (bicyclic) bond motifs is 1. The maximum atomic E-state index is 12.7.